The molecule has 4 aromatic rings. The minimum atomic E-state index is -0.471. The number of nitrogens with one attached hydrogen (secondary N) is 1. The fraction of sp³-hybridized carbons (Fsp3) is 0.227. The molecule has 1 amide bonds. The third kappa shape index (κ3) is 3.05. The Kier molecular flexibility index (Phi) is 4.55. The number of halogens is 1. The molecule has 3 aromatic heterocycles. The number of ether oxygens (including phenoxy) is 1. The monoisotopic (exact) mass is 405 g/mol. The van der Waals surface area contributed by atoms with Crippen LogP contribution < -0.4 is 0 Å². The van der Waals surface area contributed by atoms with E-state index in [0.717, 1.165) is 16.6 Å². The van der Waals surface area contributed by atoms with Crippen LogP contribution in [0.25, 0.3) is 22.3 Å². The number of carbonyl (C=O) groups excluding carboxylic acids is 1. The fourth-order valence-electron chi connectivity index (χ4n) is 3.98. The van der Waals surface area contributed by atoms with Crippen molar-refractivity contribution in [2.75, 3.05) is 19.8 Å². The molecule has 0 bridgehead atoms. The van der Waals surface area contributed by atoms with Gasteiger partial charge in [-0.2, -0.15) is 5.10 Å². The van der Waals surface area contributed by atoms with Crippen molar-refractivity contribution in [1.82, 2.24) is 24.6 Å². The average Bonchev–Trinajstić information content (AvgIpc) is 3.42. The van der Waals surface area contributed by atoms with E-state index >= 15 is 0 Å². The smallest absolute Gasteiger partial charge is 0.256 e. The first-order valence-electron chi connectivity index (χ1n) is 9.72. The molecule has 1 unspecified atom stereocenters. The highest BCUT2D eigenvalue weighted by molar-refractivity contribution is 6.06. The molecule has 1 atom stereocenters. The van der Waals surface area contributed by atoms with Crippen molar-refractivity contribution in [3.63, 3.8) is 0 Å². The highest BCUT2D eigenvalue weighted by Gasteiger charge is 2.32. The minimum absolute atomic E-state index is 0.157. The number of morpholine rings is 1. The first-order valence-corrected chi connectivity index (χ1v) is 9.72. The summed E-state index contributed by atoms with van der Waals surface area (Å²) in [6.07, 6.45) is 5.26. The van der Waals surface area contributed by atoms with Crippen LogP contribution in [0.2, 0.25) is 0 Å². The predicted molar refractivity (Wildman–Crippen MR) is 109 cm³/mol. The zero-order valence-electron chi connectivity index (χ0n) is 16.4. The van der Waals surface area contributed by atoms with E-state index < -0.39 is 6.04 Å². The number of aryl methyl sites for hydroxylation is 1. The maximum atomic E-state index is 14.4. The summed E-state index contributed by atoms with van der Waals surface area (Å²) in [4.78, 5) is 19.9. The Bertz CT molecular complexity index is 1220. The van der Waals surface area contributed by atoms with Crippen LogP contribution >= 0.6 is 0 Å². The predicted octanol–water partition coefficient (Wildman–Crippen LogP) is 3.32. The van der Waals surface area contributed by atoms with E-state index in [0.29, 0.717) is 29.9 Å². The number of H-pyrrole nitrogens is 1. The van der Waals surface area contributed by atoms with Gasteiger partial charge in [-0.25, -0.2) is 9.37 Å². The number of aromatic nitrogens is 4. The van der Waals surface area contributed by atoms with Crippen LogP contribution in [-0.2, 0) is 11.8 Å². The van der Waals surface area contributed by atoms with E-state index in [4.69, 9.17) is 9.72 Å². The van der Waals surface area contributed by atoms with Crippen molar-refractivity contribution in [2.45, 2.75) is 6.04 Å². The van der Waals surface area contributed by atoms with Gasteiger partial charge in [-0.15, -0.1) is 0 Å². The molecule has 0 aliphatic carbocycles. The number of hydrogen-bond donors (Lipinski definition) is 1. The summed E-state index contributed by atoms with van der Waals surface area (Å²) in [5, 5.41) is 7.50. The van der Waals surface area contributed by atoms with Gasteiger partial charge in [-0.3, -0.25) is 9.89 Å². The van der Waals surface area contributed by atoms with Gasteiger partial charge in [0.15, 0.2) is 0 Å². The molecule has 8 heteroatoms. The lowest BCUT2D eigenvalue weighted by Crippen LogP contribution is -2.43. The first-order chi connectivity index (χ1) is 14.6. The van der Waals surface area contributed by atoms with Crippen LogP contribution in [0.4, 0.5) is 4.39 Å². The Balaban J connectivity index is 1.54. The van der Waals surface area contributed by atoms with Crippen LogP contribution in [-0.4, -0.2) is 50.3 Å². The zero-order valence-corrected chi connectivity index (χ0v) is 16.4. The minimum Gasteiger partial charge on any atom is -0.377 e. The molecule has 152 valence electrons. The number of nitrogens with zero attached hydrogens (tertiary/aromatic N) is 4. The summed E-state index contributed by atoms with van der Waals surface area (Å²) in [7, 11) is 1.86. The van der Waals surface area contributed by atoms with E-state index in [1.54, 1.807) is 41.7 Å². The standard InChI is InChI=1S/C22H20FN5O2/c1-27-12-17(15-6-7-19(26-21(15)27)14-10-24-25-11-14)22(29)28-8-9-30-13-20(28)16-4-2-3-5-18(16)23/h2-7,10-12,20H,8-9,13H2,1H3,(H,24,25). The molecule has 1 aliphatic rings. The van der Waals surface area contributed by atoms with Crippen molar-refractivity contribution in [1.29, 1.82) is 0 Å². The topological polar surface area (TPSA) is 76.0 Å². The molecule has 0 spiro atoms. The first kappa shape index (κ1) is 18.5. The molecule has 1 fully saturated rings. The van der Waals surface area contributed by atoms with E-state index in [1.807, 2.05) is 23.7 Å². The Labute approximate surface area is 172 Å². The molecule has 0 saturated carbocycles. The van der Waals surface area contributed by atoms with Gasteiger partial charge in [0, 0.05) is 42.5 Å². The highest BCUT2D eigenvalue weighted by atomic mass is 19.1. The molecule has 1 aromatic carbocycles. The second-order valence-electron chi connectivity index (χ2n) is 7.32. The second kappa shape index (κ2) is 7.38. The number of hydrogen-bond acceptors (Lipinski definition) is 4. The largest absolute Gasteiger partial charge is 0.377 e. The fourth-order valence-corrected chi connectivity index (χ4v) is 3.98. The average molecular weight is 405 g/mol. The lowest BCUT2D eigenvalue weighted by atomic mass is 10.0. The summed E-state index contributed by atoms with van der Waals surface area (Å²) in [5.74, 6) is -0.495. The second-order valence-corrected chi connectivity index (χ2v) is 7.32. The summed E-state index contributed by atoms with van der Waals surface area (Å²) in [5.41, 5.74) is 3.35. The maximum Gasteiger partial charge on any atom is 0.256 e. The molecular formula is C22H20FN5O2. The SMILES string of the molecule is Cn1cc(C(=O)N2CCOCC2c2ccccc2F)c2ccc(-c3cn[nH]c3)nc21. The number of aromatic amines is 1. The van der Waals surface area contributed by atoms with Gasteiger partial charge >= 0.3 is 0 Å². The van der Waals surface area contributed by atoms with Crippen LogP contribution in [0.15, 0.2) is 55.0 Å². The van der Waals surface area contributed by atoms with Gasteiger partial charge in [0.05, 0.1) is 36.7 Å². The third-order valence-electron chi connectivity index (χ3n) is 5.50. The molecule has 1 saturated heterocycles. The lowest BCUT2D eigenvalue weighted by molar-refractivity contribution is -0.00353. The Morgan fingerprint density at radius 3 is 2.93 bits per heavy atom. The van der Waals surface area contributed by atoms with Crippen molar-refractivity contribution in [3.8, 4) is 11.3 Å². The summed E-state index contributed by atoms with van der Waals surface area (Å²) < 4.78 is 21.8. The molecule has 30 heavy (non-hydrogen) atoms. The van der Waals surface area contributed by atoms with E-state index in [-0.39, 0.29) is 18.3 Å². The van der Waals surface area contributed by atoms with E-state index in [9.17, 15) is 9.18 Å². The summed E-state index contributed by atoms with van der Waals surface area (Å²) >= 11 is 0. The van der Waals surface area contributed by atoms with Crippen molar-refractivity contribution in [3.05, 3.63) is 71.9 Å². The normalized spacial score (nSPS) is 16.9. The zero-order chi connectivity index (χ0) is 20.7. The van der Waals surface area contributed by atoms with Crippen molar-refractivity contribution < 1.29 is 13.9 Å². The van der Waals surface area contributed by atoms with E-state index in [2.05, 4.69) is 10.2 Å². The Hall–Kier alpha value is -3.52. The van der Waals surface area contributed by atoms with E-state index in [1.165, 1.54) is 6.07 Å². The number of benzene rings is 1. The number of rotatable bonds is 3. The quantitative estimate of drug-likeness (QED) is 0.567. The van der Waals surface area contributed by atoms with Crippen molar-refractivity contribution in [2.24, 2.45) is 7.05 Å². The highest BCUT2D eigenvalue weighted by Crippen LogP contribution is 2.30. The van der Waals surface area contributed by atoms with Crippen molar-refractivity contribution >= 4 is 16.9 Å². The molecule has 7 nitrogen and oxygen atoms in total. The van der Waals surface area contributed by atoms with Gasteiger partial charge in [0.2, 0.25) is 0 Å². The Morgan fingerprint density at radius 2 is 2.13 bits per heavy atom. The number of amides is 1. The summed E-state index contributed by atoms with van der Waals surface area (Å²) in [6, 6.07) is 9.83. The van der Waals surface area contributed by atoms with Crippen LogP contribution in [0, 0.1) is 5.82 Å². The number of carbonyl (C=O) groups is 1. The Morgan fingerprint density at radius 1 is 1.27 bits per heavy atom. The van der Waals surface area contributed by atoms with Gasteiger partial charge in [-0.1, -0.05) is 18.2 Å². The van der Waals surface area contributed by atoms with Gasteiger partial charge in [0.1, 0.15) is 11.5 Å². The van der Waals surface area contributed by atoms with Crippen LogP contribution in [0.1, 0.15) is 22.0 Å². The lowest BCUT2D eigenvalue weighted by Gasteiger charge is -2.36. The molecule has 1 N–H and O–H groups in total. The van der Waals surface area contributed by atoms with Gasteiger partial charge in [-0.05, 0) is 18.2 Å². The molecule has 0 radical (unpaired) electrons. The third-order valence-corrected chi connectivity index (χ3v) is 5.50. The van der Waals surface area contributed by atoms with Gasteiger partial charge < -0.3 is 14.2 Å². The number of pyridine rings is 1. The summed E-state index contributed by atoms with van der Waals surface area (Å²) in [6.45, 7) is 1.08. The molecular weight excluding hydrogens is 385 g/mol. The maximum absolute atomic E-state index is 14.4. The van der Waals surface area contributed by atoms with Crippen LogP contribution in [0.5, 0.6) is 0 Å². The number of fused-ring (bicyclic) bond motifs is 1. The van der Waals surface area contributed by atoms with Gasteiger partial charge in [0.25, 0.3) is 5.91 Å². The van der Waals surface area contributed by atoms with Crippen LogP contribution in [0.3, 0.4) is 0 Å². The molecule has 1 aliphatic heterocycles. The molecule has 4 heterocycles. The molecule has 5 rings (SSSR count).